The van der Waals surface area contributed by atoms with Gasteiger partial charge in [0.05, 0.1) is 5.52 Å². The third-order valence-corrected chi connectivity index (χ3v) is 4.18. The number of nitrogens with zero attached hydrogens (tertiary/aromatic N) is 3. The molecule has 4 rings (SSSR count). The molecule has 0 saturated heterocycles. The molecule has 3 aromatic rings. The Labute approximate surface area is 131 Å². The largest absolute Gasteiger partial charge is 0.420 e. The highest BCUT2D eigenvalue weighted by atomic mass is 16.4. The van der Waals surface area contributed by atoms with Crippen molar-refractivity contribution in [3.63, 3.8) is 0 Å². The van der Waals surface area contributed by atoms with E-state index in [1.165, 1.54) is 4.57 Å². The fourth-order valence-electron chi connectivity index (χ4n) is 3.06. The highest BCUT2D eigenvalue weighted by Gasteiger charge is 2.21. The Kier molecular flexibility index (Phi) is 3.25. The van der Waals surface area contributed by atoms with Crippen molar-refractivity contribution in [2.75, 3.05) is 0 Å². The molecule has 1 unspecified atom stereocenters. The second-order valence-corrected chi connectivity index (χ2v) is 5.72. The first-order valence-electron chi connectivity index (χ1n) is 7.58. The zero-order valence-corrected chi connectivity index (χ0v) is 12.4. The topological polar surface area (TPSA) is 82.1 Å². The van der Waals surface area contributed by atoms with Crippen LogP contribution in [0.4, 0.5) is 0 Å². The molecule has 1 amide bonds. The maximum atomic E-state index is 12.3. The molecule has 1 aliphatic rings. The van der Waals surface area contributed by atoms with Gasteiger partial charge in [-0.25, -0.2) is 9.78 Å². The highest BCUT2D eigenvalue weighted by molar-refractivity contribution is 5.79. The molecule has 0 saturated carbocycles. The van der Waals surface area contributed by atoms with Crippen LogP contribution in [0.5, 0.6) is 0 Å². The van der Waals surface area contributed by atoms with Crippen LogP contribution in [0.15, 0.2) is 45.9 Å². The van der Waals surface area contributed by atoms with Gasteiger partial charge in [0.25, 0.3) is 0 Å². The number of aryl methyl sites for hydroxylation is 1. The molecular formula is C16H16N4O3. The number of imidazole rings is 1. The van der Waals surface area contributed by atoms with Crippen LogP contribution in [0.2, 0.25) is 0 Å². The molecule has 0 radical (unpaired) electrons. The van der Waals surface area contributed by atoms with Gasteiger partial charge < -0.3 is 14.3 Å². The first kappa shape index (κ1) is 13.8. The normalized spacial score (nSPS) is 17.1. The van der Waals surface area contributed by atoms with E-state index in [1.807, 2.05) is 16.8 Å². The van der Waals surface area contributed by atoms with Gasteiger partial charge in [0, 0.05) is 31.4 Å². The van der Waals surface area contributed by atoms with Crippen LogP contribution in [-0.4, -0.2) is 26.1 Å². The lowest BCUT2D eigenvalue weighted by atomic mass is 10.1. The van der Waals surface area contributed by atoms with E-state index in [0.717, 1.165) is 18.7 Å². The van der Waals surface area contributed by atoms with Crippen molar-refractivity contribution >= 4 is 17.0 Å². The number of hydrogen-bond acceptors (Lipinski definition) is 4. The molecule has 2 aromatic heterocycles. The summed E-state index contributed by atoms with van der Waals surface area (Å²) in [7, 11) is 0. The van der Waals surface area contributed by atoms with E-state index in [4.69, 9.17) is 4.42 Å². The number of fused-ring (bicyclic) bond motifs is 2. The van der Waals surface area contributed by atoms with E-state index in [9.17, 15) is 9.59 Å². The summed E-state index contributed by atoms with van der Waals surface area (Å²) in [5, 5.41) is 2.99. The SMILES string of the molecule is O=C(Cn1c(=O)oc2ccccc21)NC1CCc2nccn2C1. The third kappa shape index (κ3) is 2.54. The van der Waals surface area contributed by atoms with E-state index in [2.05, 4.69) is 10.3 Å². The van der Waals surface area contributed by atoms with E-state index < -0.39 is 5.76 Å². The van der Waals surface area contributed by atoms with Gasteiger partial charge in [-0.1, -0.05) is 12.1 Å². The molecule has 1 atom stereocenters. The van der Waals surface area contributed by atoms with E-state index in [1.54, 1.807) is 24.4 Å². The number of carbonyl (C=O) groups excluding carboxylic acids is 1. The minimum absolute atomic E-state index is 0.0386. The van der Waals surface area contributed by atoms with Gasteiger partial charge in [-0.3, -0.25) is 9.36 Å². The molecule has 0 aliphatic carbocycles. The molecule has 0 bridgehead atoms. The van der Waals surface area contributed by atoms with E-state index in [-0.39, 0.29) is 18.5 Å². The average molecular weight is 312 g/mol. The molecule has 1 N–H and O–H groups in total. The van der Waals surface area contributed by atoms with Crippen LogP contribution in [0.1, 0.15) is 12.2 Å². The first-order chi connectivity index (χ1) is 11.2. The number of nitrogens with one attached hydrogen (secondary N) is 1. The summed E-state index contributed by atoms with van der Waals surface area (Å²) in [5.74, 6) is 0.349. The van der Waals surface area contributed by atoms with Crippen molar-refractivity contribution in [3.05, 3.63) is 53.0 Å². The summed E-state index contributed by atoms with van der Waals surface area (Å²) in [6, 6.07) is 7.14. The Hall–Kier alpha value is -2.83. The highest BCUT2D eigenvalue weighted by Crippen LogP contribution is 2.14. The number of benzene rings is 1. The van der Waals surface area contributed by atoms with E-state index >= 15 is 0 Å². The Bertz CT molecular complexity index is 921. The van der Waals surface area contributed by atoms with Crippen LogP contribution in [0.25, 0.3) is 11.1 Å². The van der Waals surface area contributed by atoms with Crippen LogP contribution >= 0.6 is 0 Å². The molecule has 23 heavy (non-hydrogen) atoms. The van der Waals surface area contributed by atoms with Gasteiger partial charge >= 0.3 is 5.76 Å². The predicted molar refractivity (Wildman–Crippen MR) is 83.0 cm³/mol. The predicted octanol–water partition coefficient (Wildman–Crippen LogP) is 0.922. The molecule has 7 heteroatoms. The van der Waals surface area contributed by atoms with Crippen molar-refractivity contribution < 1.29 is 9.21 Å². The van der Waals surface area contributed by atoms with Crippen LogP contribution in [-0.2, 0) is 24.3 Å². The lowest BCUT2D eigenvalue weighted by molar-refractivity contribution is -0.122. The number of rotatable bonds is 3. The molecule has 1 aliphatic heterocycles. The minimum atomic E-state index is -0.512. The number of aromatic nitrogens is 3. The van der Waals surface area contributed by atoms with Gasteiger partial charge in [-0.2, -0.15) is 0 Å². The zero-order chi connectivity index (χ0) is 15.8. The first-order valence-corrected chi connectivity index (χ1v) is 7.58. The molecule has 0 spiro atoms. The Morgan fingerprint density at radius 2 is 2.26 bits per heavy atom. The Morgan fingerprint density at radius 3 is 3.17 bits per heavy atom. The van der Waals surface area contributed by atoms with Crippen molar-refractivity contribution in [2.24, 2.45) is 0 Å². The fourth-order valence-corrected chi connectivity index (χ4v) is 3.06. The van der Waals surface area contributed by atoms with E-state index in [0.29, 0.717) is 17.6 Å². The van der Waals surface area contributed by atoms with Crippen molar-refractivity contribution in [3.8, 4) is 0 Å². The summed E-state index contributed by atoms with van der Waals surface area (Å²) in [5.41, 5.74) is 1.12. The van der Waals surface area contributed by atoms with Gasteiger partial charge in [0.15, 0.2) is 5.58 Å². The van der Waals surface area contributed by atoms with Crippen molar-refractivity contribution in [1.82, 2.24) is 19.4 Å². The fraction of sp³-hybridized carbons (Fsp3) is 0.312. The average Bonchev–Trinajstić information content (AvgIpc) is 3.12. The quantitative estimate of drug-likeness (QED) is 0.780. The maximum absolute atomic E-state index is 12.3. The summed E-state index contributed by atoms with van der Waals surface area (Å²) < 4.78 is 8.55. The van der Waals surface area contributed by atoms with Crippen molar-refractivity contribution in [2.45, 2.75) is 32.0 Å². The van der Waals surface area contributed by atoms with Gasteiger partial charge in [-0.05, 0) is 18.6 Å². The summed E-state index contributed by atoms with van der Waals surface area (Å²) in [6.07, 6.45) is 5.38. The second kappa shape index (κ2) is 5.42. The van der Waals surface area contributed by atoms with Gasteiger partial charge in [0.1, 0.15) is 12.4 Å². The lowest BCUT2D eigenvalue weighted by Gasteiger charge is -2.24. The minimum Gasteiger partial charge on any atom is -0.408 e. The molecule has 7 nitrogen and oxygen atoms in total. The van der Waals surface area contributed by atoms with Gasteiger partial charge in [-0.15, -0.1) is 0 Å². The second-order valence-electron chi connectivity index (χ2n) is 5.72. The number of para-hydroxylation sites is 2. The molecule has 0 fully saturated rings. The maximum Gasteiger partial charge on any atom is 0.420 e. The molecular weight excluding hydrogens is 296 g/mol. The Balaban J connectivity index is 1.48. The lowest BCUT2D eigenvalue weighted by Crippen LogP contribution is -2.43. The third-order valence-electron chi connectivity index (χ3n) is 4.18. The number of oxazole rings is 1. The Morgan fingerprint density at radius 1 is 1.39 bits per heavy atom. The smallest absolute Gasteiger partial charge is 0.408 e. The number of carbonyl (C=O) groups is 1. The number of amides is 1. The monoisotopic (exact) mass is 312 g/mol. The summed E-state index contributed by atoms with van der Waals surface area (Å²) in [4.78, 5) is 28.5. The molecule has 118 valence electrons. The molecule has 1 aromatic carbocycles. The zero-order valence-electron chi connectivity index (χ0n) is 12.4. The van der Waals surface area contributed by atoms with Crippen LogP contribution < -0.4 is 11.1 Å². The van der Waals surface area contributed by atoms with Crippen LogP contribution in [0, 0.1) is 0 Å². The summed E-state index contributed by atoms with van der Waals surface area (Å²) in [6.45, 7) is 0.672. The van der Waals surface area contributed by atoms with Crippen LogP contribution in [0.3, 0.4) is 0 Å². The number of hydrogen-bond donors (Lipinski definition) is 1. The summed E-state index contributed by atoms with van der Waals surface area (Å²) >= 11 is 0. The standard InChI is InChI=1S/C16H16N4O3/c21-15(18-11-5-6-14-17-7-8-19(14)9-11)10-20-12-3-1-2-4-13(12)23-16(20)22/h1-4,7-8,11H,5-6,9-10H2,(H,18,21). The van der Waals surface area contributed by atoms with Gasteiger partial charge in [0.2, 0.25) is 5.91 Å². The van der Waals surface area contributed by atoms with Crippen molar-refractivity contribution in [1.29, 1.82) is 0 Å². The molecule has 3 heterocycles.